The Bertz CT molecular complexity index is 1190. The van der Waals surface area contributed by atoms with Gasteiger partial charge >= 0.3 is 11.8 Å². The van der Waals surface area contributed by atoms with E-state index in [1.165, 1.54) is 64.2 Å². The first-order valence-electron chi connectivity index (χ1n) is 21.3. The van der Waals surface area contributed by atoms with E-state index in [-0.39, 0.29) is 60.6 Å². The number of nitrogens with one attached hydrogen (secondary N) is 1. The molecule has 3 saturated heterocycles. The van der Waals surface area contributed by atoms with E-state index >= 15 is 0 Å². The quantitative estimate of drug-likeness (QED) is 0.0770. The van der Waals surface area contributed by atoms with Gasteiger partial charge < -0.3 is 9.64 Å². The zero-order valence-corrected chi connectivity index (χ0v) is 33.8. The van der Waals surface area contributed by atoms with Crippen molar-refractivity contribution >= 4 is 23.6 Å². The molecule has 9 heteroatoms. The van der Waals surface area contributed by atoms with E-state index in [0.29, 0.717) is 25.7 Å². The van der Waals surface area contributed by atoms with E-state index in [9.17, 15) is 19.2 Å². The first kappa shape index (κ1) is 41.9. The predicted octanol–water partition coefficient (Wildman–Crippen LogP) is 8.73. The molecule has 4 fully saturated rings. The van der Waals surface area contributed by atoms with Gasteiger partial charge in [0.25, 0.3) is 11.8 Å². The number of quaternary nitrogens is 1. The fourth-order valence-corrected chi connectivity index (χ4v) is 10.2. The highest BCUT2D eigenvalue weighted by molar-refractivity contribution is 5.95. The van der Waals surface area contributed by atoms with Crippen molar-refractivity contribution < 1.29 is 28.5 Å². The van der Waals surface area contributed by atoms with Gasteiger partial charge in [0.05, 0.1) is 12.8 Å². The van der Waals surface area contributed by atoms with Gasteiger partial charge in [-0.1, -0.05) is 116 Å². The third kappa shape index (κ3) is 8.61. The molecule has 4 aliphatic rings. The number of ether oxygens (including phenoxy) is 1. The molecule has 4 amide bonds. The van der Waals surface area contributed by atoms with Crippen LogP contribution in [-0.4, -0.2) is 80.6 Å². The lowest BCUT2D eigenvalue weighted by Gasteiger charge is -2.62. The van der Waals surface area contributed by atoms with Crippen LogP contribution in [0.25, 0.3) is 0 Å². The topological polar surface area (TPSA) is 96.0 Å². The Morgan fingerprint density at radius 2 is 1.29 bits per heavy atom. The fourth-order valence-electron chi connectivity index (χ4n) is 10.2. The van der Waals surface area contributed by atoms with Crippen LogP contribution in [0.1, 0.15) is 196 Å². The van der Waals surface area contributed by atoms with Gasteiger partial charge in [0.2, 0.25) is 0 Å². The molecule has 0 radical (unpaired) electrons. The van der Waals surface area contributed by atoms with Crippen molar-refractivity contribution in [3.8, 4) is 0 Å². The molecule has 1 saturated carbocycles. The Balaban J connectivity index is 1.38. The zero-order chi connectivity index (χ0) is 37.3. The Morgan fingerprint density at radius 1 is 0.784 bits per heavy atom. The van der Waals surface area contributed by atoms with Gasteiger partial charge in [-0.15, -0.1) is 0 Å². The Labute approximate surface area is 310 Å². The normalized spacial score (nSPS) is 30.6. The smallest absolute Gasteiger partial charge is 0.339 e. The summed E-state index contributed by atoms with van der Waals surface area (Å²) in [6.07, 6.45) is 24.1. The summed E-state index contributed by atoms with van der Waals surface area (Å²) in [7, 11) is 2.18. The number of carbonyl (C=O) groups excluding carboxylic acids is 4. The molecule has 0 aromatic carbocycles. The van der Waals surface area contributed by atoms with Crippen LogP contribution in [0.3, 0.4) is 0 Å². The van der Waals surface area contributed by atoms with Crippen LogP contribution >= 0.6 is 0 Å². The molecular weight excluding hydrogens is 640 g/mol. The summed E-state index contributed by atoms with van der Waals surface area (Å²) in [5, 5.41) is 0. The number of hydrogen-bond donors (Lipinski definition) is 1. The maximum Gasteiger partial charge on any atom is 0.346 e. The second kappa shape index (κ2) is 18.0. The van der Waals surface area contributed by atoms with Gasteiger partial charge in [-0.3, -0.25) is 14.5 Å². The number of piperidine rings is 1. The van der Waals surface area contributed by atoms with Crippen LogP contribution in [0, 0.1) is 5.92 Å². The first-order valence-corrected chi connectivity index (χ1v) is 21.3. The average molecular weight is 716 g/mol. The highest BCUT2D eigenvalue weighted by Gasteiger charge is 2.70. The van der Waals surface area contributed by atoms with E-state index in [1.54, 1.807) is 4.90 Å². The maximum atomic E-state index is 14.9. The summed E-state index contributed by atoms with van der Waals surface area (Å²) in [6, 6.07) is 0. The highest BCUT2D eigenvalue weighted by atomic mass is 16.6. The standard InChI is InChI=1S/C42H74N4O5/c1-8-11-12-13-14-15-16-17-18-19-20-21-22-26-31-46(36(48)27-28-37(46)49)43-35(47)32-45-38(50)42(51-41(45)29-24-23-25-30-41)33-39(5,9-2)44(7)40(6,10-3)34(42)4/h34H,8-33H2,1-7H3/p+1. The van der Waals surface area contributed by atoms with Crippen molar-refractivity contribution in [1.29, 1.82) is 0 Å². The number of carbonyl (C=O) groups is 4. The lowest BCUT2D eigenvalue weighted by Crippen LogP contribution is -2.72. The number of imide groups is 1. The Hall–Kier alpha value is -1.84. The summed E-state index contributed by atoms with van der Waals surface area (Å²) in [5.74, 6) is -1.12. The minimum Gasteiger partial charge on any atom is -0.339 e. The van der Waals surface area contributed by atoms with E-state index in [1.807, 2.05) is 0 Å². The van der Waals surface area contributed by atoms with Gasteiger partial charge in [0.15, 0.2) is 5.60 Å². The molecule has 0 bridgehead atoms. The largest absolute Gasteiger partial charge is 0.346 e. The molecule has 51 heavy (non-hydrogen) atoms. The molecule has 4 atom stereocenters. The number of amides is 4. The van der Waals surface area contributed by atoms with Crippen LogP contribution in [0.2, 0.25) is 0 Å². The molecular formula is C42H75N4O5+. The van der Waals surface area contributed by atoms with E-state index < -0.39 is 21.8 Å². The fraction of sp³-hybridized carbons (Fsp3) is 0.905. The lowest BCUT2D eigenvalue weighted by atomic mass is 9.61. The average Bonchev–Trinajstić information content (AvgIpc) is 3.51. The van der Waals surface area contributed by atoms with Gasteiger partial charge in [-0.25, -0.2) is 9.59 Å². The minimum atomic E-state index is -1.04. The van der Waals surface area contributed by atoms with Crippen LogP contribution in [-0.2, 0) is 23.9 Å². The molecule has 0 aromatic heterocycles. The lowest BCUT2D eigenvalue weighted by molar-refractivity contribution is -0.811. The Morgan fingerprint density at radius 3 is 1.78 bits per heavy atom. The molecule has 3 heterocycles. The number of likely N-dealkylation sites (tertiary alicyclic amines) is 2. The van der Waals surface area contributed by atoms with Crippen LogP contribution in [0.15, 0.2) is 0 Å². The number of hydrogen-bond acceptors (Lipinski definition) is 6. The van der Waals surface area contributed by atoms with Crippen molar-refractivity contribution in [1.82, 2.24) is 15.2 Å². The number of nitrogens with zero attached hydrogens (tertiary/aromatic N) is 3. The molecule has 3 aliphatic heterocycles. The van der Waals surface area contributed by atoms with Crippen molar-refractivity contribution in [2.24, 2.45) is 5.92 Å². The summed E-state index contributed by atoms with van der Waals surface area (Å²) in [5.41, 5.74) is 0.498. The van der Waals surface area contributed by atoms with Gasteiger partial charge in [-0.05, 0) is 72.3 Å². The van der Waals surface area contributed by atoms with E-state index in [2.05, 4.69) is 58.9 Å². The number of rotatable bonds is 20. The van der Waals surface area contributed by atoms with Crippen molar-refractivity contribution in [2.45, 2.75) is 218 Å². The molecule has 1 N–H and O–H groups in total. The second-order valence-electron chi connectivity index (χ2n) is 17.4. The number of unbranched alkanes of at least 4 members (excludes halogenated alkanes) is 13. The SMILES string of the molecule is CCCCCCCCCCCCCCCC[N+]1(NC(=O)CN2C(=O)C3(CC(C)(CC)N(C)C(C)(CC)C3C)OC23CCCCC3)C(=O)CCC1=O. The molecule has 4 unspecified atom stereocenters. The summed E-state index contributed by atoms with van der Waals surface area (Å²) in [4.78, 5) is 59.9. The predicted molar refractivity (Wildman–Crippen MR) is 203 cm³/mol. The van der Waals surface area contributed by atoms with Crippen LogP contribution < -0.4 is 5.43 Å². The summed E-state index contributed by atoms with van der Waals surface area (Å²) < 4.78 is 6.61. The minimum absolute atomic E-state index is 0.0978. The molecule has 1 aliphatic carbocycles. The van der Waals surface area contributed by atoms with Crippen molar-refractivity contribution in [2.75, 3.05) is 20.1 Å². The molecule has 292 valence electrons. The second-order valence-corrected chi connectivity index (χ2v) is 17.4. The highest BCUT2D eigenvalue weighted by Crippen LogP contribution is 2.57. The van der Waals surface area contributed by atoms with E-state index in [0.717, 1.165) is 51.4 Å². The van der Waals surface area contributed by atoms with Crippen molar-refractivity contribution in [3.63, 3.8) is 0 Å². The third-order valence-corrected chi connectivity index (χ3v) is 14.3. The third-order valence-electron chi connectivity index (χ3n) is 14.3. The first-order chi connectivity index (χ1) is 24.3. The van der Waals surface area contributed by atoms with Crippen molar-refractivity contribution in [3.05, 3.63) is 0 Å². The summed E-state index contributed by atoms with van der Waals surface area (Å²) >= 11 is 0. The molecule has 9 nitrogen and oxygen atoms in total. The molecule has 2 spiro atoms. The zero-order valence-electron chi connectivity index (χ0n) is 33.8. The van der Waals surface area contributed by atoms with Gasteiger partial charge in [-0.2, -0.15) is 5.43 Å². The van der Waals surface area contributed by atoms with Gasteiger partial charge in [0, 0.05) is 23.4 Å². The maximum absolute atomic E-state index is 14.9. The molecule has 0 aromatic rings. The van der Waals surface area contributed by atoms with Crippen LogP contribution in [0.4, 0.5) is 0 Å². The summed E-state index contributed by atoms with van der Waals surface area (Å²) in [6.45, 7) is 13.4. The monoisotopic (exact) mass is 716 g/mol. The van der Waals surface area contributed by atoms with Gasteiger partial charge in [0.1, 0.15) is 18.8 Å². The van der Waals surface area contributed by atoms with Crippen LogP contribution in [0.5, 0.6) is 0 Å². The Kier molecular flexibility index (Phi) is 14.8. The molecule has 4 rings (SSSR count). The van der Waals surface area contributed by atoms with E-state index in [4.69, 9.17) is 4.74 Å².